The van der Waals surface area contributed by atoms with Gasteiger partial charge in [0.1, 0.15) is 0 Å². The summed E-state index contributed by atoms with van der Waals surface area (Å²) >= 11 is 0. The first-order valence-corrected chi connectivity index (χ1v) is 49.1. The Labute approximate surface area is 707 Å². The molecule has 4 aromatic heterocycles. The second kappa shape index (κ2) is 32.6. The van der Waals surface area contributed by atoms with Crippen LogP contribution in [0.3, 0.4) is 0 Å². The topological polar surface area (TPSA) is 169 Å². The second-order valence-corrected chi connectivity index (χ2v) is 46.8. The molecule has 0 bridgehead atoms. The molecule has 13 nitrogen and oxygen atoms in total. The fourth-order valence-electron chi connectivity index (χ4n) is 34.4. The fraction of sp³-hybridized carbons (Fsp3) is 0.817. The lowest BCUT2D eigenvalue weighted by atomic mass is 9.49. The fourth-order valence-corrected chi connectivity index (χ4v) is 34.4. The maximum absolute atomic E-state index is 13.4. The summed E-state index contributed by atoms with van der Waals surface area (Å²) in [5.41, 5.74) is 8.81. The van der Waals surface area contributed by atoms with E-state index >= 15 is 0 Å². The Bertz CT molecular complexity index is 4150. The lowest BCUT2D eigenvalue weighted by Gasteiger charge is -2.57. The number of hydrogen-bond donors (Lipinski definition) is 4. The van der Waals surface area contributed by atoms with Gasteiger partial charge in [-0.2, -0.15) is 20.4 Å². The average Bonchev–Trinajstić information content (AvgIpc) is 1.66. The van der Waals surface area contributed by atoms with E-state index in [1.807, 2.05) is 54.1 Å². The molecule has 20 rings (SSSR count). The molecule has 13 heteroatoms. The van der Waals surface area contributed by atoms with Crippen LogP contribution in [-0.2, 0) is 37.4 Å². The second-order valence-electron chi connectivity index (χ2n) is 46.8. The lowest BCUT2D eigenvalue weighted by Crippen LogP contribution is -2.51. The number of rotatable bonds is 13. The van der Waals surface area contributed by atoms with Gasteiger partial charge in [-0.1, -0.05) is 71.1 Å². The molecule has 32 atom stereocenters. The number of fused-ring (bicyclic) bond motifs is 20. The van der Waals surface area contributed by atoms with Crippen molar-refractivity contribution in [3.8, 4) is 0 Å². The number of allylic oxidation sites excluding steroid dienone is 3. The molecule has 0 spiro atoms. The summed E-state index contributed by atoms with van der Waals surface area (Å²) in [6.45, 7) is 43.7. The smallest absolute Gasteiger partial charge is 0.157 e. The van der Waals surface area contributed by atoms with Crippen LogP contribution in [0.1, 0.15) is 316 Å². The zero-order valence-corrected chi connectivity index (χ0v) is 75.4. The van der Waals surface area contributed by atoms with Crippen LogP contribution >= 0.6 is 0 Å². The molecular weight excluding hydrogens is 1440 g/mol. The number of aliphatic hydroxyl groups is 4. The molecule has 16 aliphatic carbocycles. The normalized spacial score (nSPS) is 46.3. The van der Waals surface area contributed by atoms with Gasteiger partial charge in [-0.05, 0) is 467 Å². The van der Waals surface area contributed by atoms with E-state index in [-0.39, 0.29) is 11.3 Å². The van der Waals surface area contributed by atoms with Crippen molar-refractivity contribution in [3.05, 3.63) is 108 Å². The van der Waals surface area contributed by atoms with Gasteiger partial charge in [-0.15, -0.1) is 0 Å². The third kappa shape index (κ3) is 16.3. The molecule has 0 radical (unpaired) electrons. The van der Waals surface area contributed by atoms with E-state index in [9.17, 15) is 25.2 Å². The van der Waals surface area contributed by atoms with Crippen LogP contribution in [0.4, 0.5) is 0 Å². The van der Waals surface area contributed by atoms with Crippen LogP contribution in [0.25, 0.3) is 0 Å². The summed E-state index contributed by atoms with van der Waals surface area (Å²) in [6.07, 6.45) is 60.7. The van der Waals surface area contributed by atoms with Crippen molar-refractivity contribution in [1.29, 1.82) is 0 Å². The first kappa shape index (κ1) is 84.8. The monoisotopic (exact) mass is 1600 g/mol. The van der Waals surface area contributed by atoms with Gasteiger partial charge in [-0.25, -0.2) is 0 Å². The largest absolute Gasteiger partial charge is 0.390 e. The number of carbonyl (C=O) groups excluding carboxylic acids is 1. The summed E-state index contributed by atoms with van der Waals surface area (Å²) < 4.78 is 8.11. The van der Waals surface area contributed by atoms with Crippen LogP contribution < -0.4 is 0 Å². The van der Waals surface area contributed by atoms with Crippen molar-refractivity contribution >= 4 is 5.78 Å². The maximum Gasteiger partial charge on any atom is 0.157 e. The van der Waals surface area contributed by atoms with E-state index in [2.05, 4.69) is 137 Å². The van der Waals surface area contributed by atoms with E-state index in [1.54, 1.807) is 0 Å². The minimum absolute atomic E-state index is 0.183. The third-order valence-corrected chi connectivity index (χ3v) is 39.8. The molecule has 16 saturated carbocycles. The summed E-state index contributed by atoms with van der Waals surface area (Å²) in [6, 6.07) is 2.01. The van der Waals surface area contributed by atoms with E-state index in [0.717, 1.165) is 208 Å². The molecule has 0 amide bonds. The third-order valence-electron chi connectivity index (χ3n) is 39.8. The van der Waals surface area contributed by atoms with Crippen molar-refractivity contribution in [2.75, 3.05) is 0 Å². The van der Waals surface area contributed by atoms with Crippen molar-refractivity contribution in [1.82, 2.24) is 39.1 Å². The van der Waals surface area contributed by atoms with Gasteiger partial charge in [-0.3, -0.25) is 23.5 Å². The highest BCUT2D eigenvalue weighted by Gasteiger charge is 2.64. The summed E-state index contributed by atoms with van der Waals surface area (Å²) in [5.74, 6) is 19.6. The first-order chi connectivity index (χ1) is 55.6. The Morgan fingerprint density at radius 1 is 0.376 bits per heavy atom. The molecule has 4 heterocycles. The predicted octanol–water partition coefficient (Wildman–Crippen LogP) is 22.3. The molecule has 117 heavy (non-hydrogen) atoms. The van der Waals surface area contributed by atoms with Gasteiger partial charge in [0.2, 0.25) is 0 Å². The summed E-state index contributed by atoms with van der Waals surface area (Å²) in [4.78, 5) is 13.4. The molecule has 4 aromatic rings. The molecule has 0 aliphatic heterocycles. The number of ketones is 1. The van der Waals surface area contributed by atoms with Gasteiger partial charge in [0.05, 0.1) is 66.7 Å². The molecule has 0 saturated heterocycles. The molecule has 16 fully saturated rings. The standard InChI is InChI=1S/C27H42N2O.C26H40N2O2.C26H40N2O.C25H38N2O/c1-5-19-15-28-29(17-19)16-18(2)24-8-9-25-23-7-6-20-14-26(3,30)12-10-21(20)22(23)11-13-27(24,25)4;1-16-14-28(27-17(16)2)15-24(29)23-8-7-22-21-6-5-18-13-25(3,30)11-9-19(18)20(21)10-12-26(22,23)4;1-17-14-27-28(15-17)16-18(2)23-7-8-24-22-6-5-19-13-25(3,29)11-9-20(19)21(22)10-12-26(23,24)4;1-17(16-27-14-4-13-26-27)22-7-8-23-21-6-5-18-15-24(2,28)11-9-19(18)20(21)10-12-25(22,23)3/h15,17,20-25,30H,2,5-14,16H2,1,3-4H3;14,18-23,30H,5-13,15H2,1-4H3;14-15,19-24,29H,2,5-13,16H2,1,3-4H3;4,13-14,18-23,28H,1,5-12,15-16H2,2-3H3/t20-,21+,22-,23-,24-,25+,26-,27-;18-,19+,20-,21-,22+,23-,25-,26+;19-,20+,21-,22-,23-,24+,25-,26-;18-,19+,20-,21-,22-,23+,24-,25-/m1111/s1. The molecule has 646 valence electrons. The SMILES string of the molecule is C=C(Cn1cc(C)cn1)[C@H]1CC[C@H]2[C@@H]3CC[C@@H]4C[C@](C)(O)CC[C@@H]4[C@H]3CC[C@]12C.C=C(Cn1cc(CC)cn1)[C@H]1CC[C@H]2[C@@H]3CC[C@@H]4C[C@](C)(O)CC[C@@H]4[C@H]3CC[C@]12C.C=C(Cn1cccn1)[C@H]1CC[C@H]2[C@@H]3CC[C@@H]4C[C@](C)(O)CC[C@@H]4[C@H]3CC[C@]12C.Cc1cn(CC(=O)[C@H]2CC[C@H]3[C@@H]4CC[C@@H]5C[C@](C)(O)CC[C@@H]5[C@H]4CC[C@]23C)nc1C. The number of aryl methyl sites for hydroxylation is 4. The predicted molar refractivity (Wildman–Crippen MR) is 470 cm³/mol. The Balaban J connectivity index is 0.000000112. The number of aromatic nitrogens is 8. The van der Waals surface area contributed by atoms with Gasteiger partial charge < -0.3 is 20.4 Å². The van der Waals surface area contributed by atoms with Crippen LogP contribution in [0, 0.1) is 184 Å². The van der Waals surface area contributed by atoms with Crippen LogP contribution in [0.15, 0.2) is 85.9 Å². The van der Waals surface area contributed by atoms with Gasteiger partial charge in [0, 0.05) is 36.9 Å². The lowest BCUT2D eigenvalue weighted by molar-refractivity contribution is -0.133. The molecular formula is C104H160N8O5. The number of carbonyl (C=O) groups is 1. The number of hydrogen-bond acceptors (Lipinski definition) is 9. The first-order valence-electron chi connectivity index (χ1n) is 49.1. The van der Waals surface area contributed by atoms with Crippen LogP contribution in [0.5, 0.6) is 0 Å². The quantitative estimate of drug-likeness (QED) is 0.0952. The molecule has 0 aromatic carbocycles. The molecule has 4 N–H and O–H groups in total. The van der Waals surface area contributed by atoms with E-state index in [1.165, 1.54) is 207 Å². The van der Waals surface area contributed by atoms with Gasteiger partial charge >= 0.3 is 0 Å². The average molecular weight is 1600 g/mol. The van der Waals surface area contributed by atoms with E-state index in [0.29, 0.717) is 46.3 Å². The van der Waals surface area contributed by atoms with E-state index in [4.69, 9.17) is 0 Å². The van der Waals surface area contributed by atoms with Crippen molar-refractivity contribution in [2.45, 2.75) is 369 Å². The van der Waals surface area contributed by atoms with Crippen molar-refractivity contribution in [3.63, 3.8) is 0 Å². The Morgan fingerprint density at radius 2 is 0.718 bits per heavy atom. The highest BCUT2D eigenvalue weighted by molar-refractivity contribution is 5.82. The van der Waals surface area contributed by atoms with Crippen molar-refractivity contribution in [2.24, 2.45) is 164 Å². The Morgan fingerprint density at radius 3 is 1.04 bits per heavy atom. The van der Waals surface area contributed by atoms with Crippen LogP contribution in [-0.4, -0.2) is 87.7 Å². The number of nitrogens with zero attached hydrogens (tertiary/aromatic N) is 8. The molecule has 0 unspecified atom stereocenters. The van der Waals surface area contributed by atoms with Gasteiger partial charge in [0.15, 0.2) is 5.78 Å². The highest BCUT2D eigenvalue weighted by Crippen LogP contribution is 2.71. The van der Waals surface area contributed by atoms with E-state index < -0.39 is 22.4 Å². The minimum Gasteiger partial charge on any atom is -0.390 e. The molecule has 16 aliphatic rings. The maximum atomic E-state index is 13.4. The summed E-state index contributed by atoms with van der Waals surface area (Å²) in [5, 5.41) is 60.5. The minimum atomic E-state index is -0.439. The summed E-state index contributed by atoms with van der Waals surface area (Å²) in [7, 11) is 0. The van der Waals surface area contributed by atoms with Gasteiger partial charge in [0.25, 0.3) is 0 Å². The zero-order valence-electron chi connectivity index (χ0n) is 75.4. The Hall–Kier alpha value is -4.43. The number of Topliss-reactive ketones (excluding diaryl/α,β-unsaturated/α-hetero) is 1. The Kier molecular flexibility index (Phi) is 23.6. The van der Waals surface area contributed by atoms with Crippen molar-refractivity contribution < 1.29 is 25.2 Å². The zero-order chi connectivity index (χ0) is 82.3. The van der Waals surface area contributed by atoms with Crippen LogP contribution in [0.2, 0.25) is 0 Å². The highest BCUT2D eigenvalue weighted by atomic mass is 16.3.